The van der Waals surface area contributed by atoms with E-state index in [1.165, 1.54) is 0 Å². The van der Waals surface area contributed by atoms with E-state index in [0.717, 1.165) is 28.7 Å². The van der Waals surface area contributed by atoms with E-state index in [4.69, 9.17) is 4.74 Å². The molecule has 3 aromatic rings. The van der Waals surface area contributed by atoms with Crippen LogP contribution in [-0.4, -0.2) is 45.5 Å². The van der Waals surface area contributed by atoms with Crippen molar-refractivity contribution in [2.24, 2.45) is 0 Å². The Hall–Kier alpha value is -2.73. The summed E-state index contributed by atoms with van der Waals surface area (Å²) in [4.78, 5) is 26.8. The lowest BCUT2D eigenvalue weighted by Crippen LogP contribution is -2.33. The van der Waals surface area contributed by atoms with Crippen molar-refractivity contribution in [3.63, 3.8) is 0 Å². The van der Waals surface area contributed by atoms with Crippen LogP contribution in [0.2, 0.25) is 0 Å². The van der Waals surface area contributed by atoms with Gasteiger partial charge in [0.2, 0.25) is 5.91 Å². The fourth-order valence-electron chi connectivity index (χ4n) is 3.54. The number of benzene rings is 1. The molecule has 6 heteroatoms. The number of imidazole rings is 1. The average molecular weight is 336 g/mol. The molecule has 2 atom stereocenters. The molecule has 3 heterocycles. The molecule has 1 N–H and O–H groups in total. The second-order valence-corrected chi connectivity index (χ2v) is 6.30. The van der Waals surface area contributed by atoms with E-state index < -0.39 is 0 Å². The molecule has 6 nitrogen and oxygen atoms in total. The summed E-state index contributed by atoms with van der Waals surface area (Å²) < 4.78 is 5.49. The SMILES string of the molecule is CO[C@@H]1CC(c2ncc[nH]2)N(C(=O)Cc2cccc3cccnc23)C1. The van der Waals surface area contributed by atoms with Gasteiger partial charge in [0, 0.05) is 44.1 Å². The Morgan fingerprint density at radius 2 is 2.16 bits per heavy atom. The molecular weight excluding hydrogens is 316 g/mol. The van der Waals surface area contributed by atoms with Gasteiger partial charge >= 0.3 is 0 Å². The number of hydrogen-bond acceptors (Lipinski definition) is 4. The van der Waals surface area contributed by atoms with Gasteiger partial charge in [0.05, 0.1) is 24.1 Å². The average Bonchev–Trinajstić information content (AvgIpc) is 3.31. The number of para-hydroxylation sites is 1. The van der Waals surface area contributed by atoms with Crippen molar-refractivity contribution in [3.8, 4) is 0 Å². The van der Waals surface area contributed by atoms with Gasteiger partial charge in [0.25, 0.3) is 0 Å². The number of aromatic nitrogens is 3. The van der Waals surface area contributed by atoms with Crippen LogP contribution >= 0.6 is 0 Å². The second kappa shape index (κ2) is 6.64. The van der Waals surface area contributed by atoms with Crippen molar-refractivity contribution < 1.29 is 9.53 Å². The fourth-order valence-corrected chi connectivity index (χ4v) is 3.54. The standard InChI is InChI=1S/C19H20N4O2/c1-25-15-11-16(19-21-8-9-22-19)23(12-15)17(24)10-14-5-2-4-13-6-3-7-20-18(13)14/h2-9,15-16H,10-12H2,1H3,(H,21,22)/t15-,16?/m1/s1. The first-order valence-corrected chi connectivity index (χ1v) is 8.40. The number of fused-ring (bicyclic) bond motifs is 1. The number of carbonyl (C=O) groups excluding carboxylic acids is 1. The minimum Gasteiger partial charge on any atom is -0.380 e. The van der Waals surface area contributed by atoms with Crippen molar-refractivity contribution in [3.05, 3.63) is 60.3 Å². The highest BCUT2D eigenvalue weighted by Crippen LogP contribution is 2.32. The highest BCUT2D eigenvalue weighted by Gasteiger charge is 2.37. The predicted octanol–water partition coefficient (Wildman–Crippen LogP) is 2.49. The molecule has 1 amide bonds. The number of amides is 1. The van der Waals surface area contributed by atoms with Crippen LogP contribution in [-0.2, 0) is 16.0 Å². The van der Waals surface area contributed by atoms with Crippen LogP contribution in [0, 0.1) is 0 Å². The van der Waals surface area contributed by atoms with E-state index in [1.54, 1.807) is 25.7 Å². The lowest BCUT2D eigenvalue weighted by molar-refractivity contribution is -0.131. The fraction of sp³-hybridized carbons (Fsp3) is 0.316. The third-order valence-corrected chi connectivity index (χ3v) is 4.81. The van der Waals surface area contributed by atoms with E-state index in [0.29, 0.717) is 13.0 Å². The van der Waals surface area contributed by atoms with Gasteiger partial charge in [-0.2, -0.15) is 0 Å². The first-order valence-electron chi connectivity index (χ1n) is 8.40. The van der Waals surface area contributed by atoms with E-state index >= 15 is 0 Å². The summed E-state index contributed by atoms with van der Waals surface area (Å²) in [6, 6.07) is 9.80. The first-order chi connectivity index (χ1) is 12.3. The third-order valence-electron chi connectivity index (χ3n) is 4.81. The van der Waals surface area contributed by atoms with Crippen LogP contribution < -0.4 is 0 Å². The molecule has 1 aromatic carbocycles. The lowest BCUT2D eigenvalue weighted by Gasteiger charge is -2.23. The smallest absolute Gasteiger partial charge is 0.227 e. The van der Waals surface area contributed by atoms with Crippen molar-refractivity contribution in [2.45, 2.75) is 25.0 Å². The van der Waals surface area contributed by atoms with Gasteiger partial charge in [-0.1, -0.05) is 24.3 Å². The molecule has 1 unspecified atom stereocenters. The van der Waals surface area contributed by atoms with E-state index in [9.17, 15) is 4.79 Å². The largest absolute Gasteiger partial charge is 0.380 e. The number of nitrogens with one attached hydrogen (secondary N) is 1. The van der Waals surface area contributed by atoms with Crippen LogP contribution in [0.5, 0.6) is 0 Å². The zero-order valence-electron chi connectivity index (χ0n) is 14.1. The molecule has 0 saturated carbocycles. The normalized spacial score (nSPS) is 20.3. The Morgan fingerprint density at radius 1 is 1.28 bits per heavy atom. The molecule has 0 radical (unpaired) electrons. The molecule has 1 fully saturated rings. The molecular formula is C19H20N4O2. The number of carbonyl (C=O) groups is 1. The summed E-state index contributed by atoms with van der Waals surface area (Å²) in [5, 5.41) is 1.05. The molecule has 0 aliphatic carbocycles. The molecule has 4 rings (SSSR count). The maximum absolute atomic E-state index is 13.0. The van der Waals surface area contributed by atoms with E-state index in [2.05, 4.69) is 15.0 Å². The molecule has 0 bridgehead atoms. The van der Waals surface area contributed by atoms with Crippen molar-refractivity contribution in [2.75, 3.05) is 13.7 Å². The van der Waals surface area contributed by atoms with Crippen LogP contribution in [0.4, 0.5) is 0 Å². The number of methoxy groups -OCH3 is 1. The van der Waals surface area contributed by atoms with Crippen LogP contribution in [0.25, 0.3) is 10.9 Å². The molecule has 1 saturated heterocycles. The minimum absolute atomic E-state index is 0.0321. The summed E-state index contributed by atoms with van der Waals surface area (Å²) in [6.07, 6.45) is 6.37. The number of nitrogens with zero attached hydrogens (tertiary/aromatic N) is 3. The topological polar surface area (TPSA) is 71.1 Å². The maximum atomic E-state index is 13.0. The molecule has 2 aromatic heterocycles. The number of rotatable bonds is 4. The molecule has 1 aliphatic rings. The Morgan fingerprint density at radius 3 is 2.96 bits per heavy atom. The van der Waals surface area contributed by atoms with Crippen molar-refractivity contribution >= 4 is 16.8 Å². The van der Waals surface area contributed by atoms with Crippen LogP contribution in [0.1, 0.15) is 23.9 Å². The second-order valence-electron chi connectivity index (χ2n) is 6.30. The summed E-state index contributed by atoms with van der Waals surface area (Å²) in [7, 11) is 1.69. The third kappa shape index (κ3) is 3.00. The van der Waals surface area contributed by atoms with E-state index in [1.807, 2.05) is 35.2 Å². The number of ether oxygens (including phenoxy) is 1. The summed E-state index contributed by atoms with van der Waals surface area (Å²) >= 11 is 0. The van der Waals surface area contributed by atoms with Gasteiger partial charge in [-0.25, -0.2) is 4.98 Å². The maximum Gasteiger partial charge on any atom is 0.227 e. The van der Waals surface area contributed by atoms with Crippen LogP contribution in [0.15, 0.2) is 48.9 Å². The van der Waals surface area contributed by atoms with Crippen molar-refractivity contribution in [1.29, 1.82) is 0 Å². The number of H-pyrrole nitrogens is 1. The number of pyridine rings is 1. The lowest BCUT2D eigenvalue weighted by atomic mass is 10.1. The monoisotopic (exact) mass is 336 g/mol. The van der Waals surface area contributed by atoms with Gasteiger partial charge in [-0.15, -0.1) is 0 Å². The highest BCUT2D eigenvalue weighted by molar-refractivity contribution is 5.87. The molecule has 25 heavy (non-hydrogen) atoms. The molecule has 1 aliphatic heterocycles. The zero-order chi connectivity index (χ0) is 17.2. The quantitative estimate of drug-likeness (QED) is 0.794. The Bertz CT molecular complexity index is 873. The Kier molecular flexibility index (Phi) is 4.19. The number of aromatic amines is 1. The predicted molar refractivity (Wildman–Crippen MR) is 93.9 cm³/mol. The molecule has 0 spiro atoms. The summed E-state index contributed by atoms with van der Waals surface area (Å²) in [6.45, 7) is 0.582. The highest BCUT2D eigenvalue weighted by atomic mass is 16.5. The van der Waals surface area contributed by atoms with E-state index in [-0.39, 0.29) is 18.1 Å². The summed E-state index contributed by atoms with van der Waals surface area (Å²) in [5.41, 5.74) is 1.83. The van der Waals surface area contributed by atoms with Gasteiger partial charge in [-0.05, 0) is 11.6 Å². The van der Waals surface area contributed by atoms with Gasteiger partial charge < -0.3 is 14.6 Å². The zero-order valence-corrected chi connectivity index (χ0v) is 14.1. The first kappa shape index (κ1) is 15.8. The minimum atomic E-state index is -0.0737. The Labute approximate surface area is 145 Å². The van der Waals surface area contributed by atoms with Gasteiger partial charge in [-0.3, -0.25) is 9.78 Å². The number of likely N-dealkylation sites (tertiary alicyclic amines) is 1. The number of hydrogen-bond donors (Lipinski definition) is 1. The van der Waals surface area contributed by atoms with Gasteiger partial charge in [0.15, 0.2) is 0 Å². The summed E-state index contributed by atoms with van der Waals surface area (Å²) in [5.74, 6) is 0.878. The van der Waals surface area contributed by atoms with Crippen molar-refractivity contribution in [1.82, 2.24) is 19.9 Å². The Balaban J connectivity index is 1.60. The molecule has 128 valence electrons. The van der Waals surface area contributed by atoms with Crippen LogP contribution in [0.3, 0.4) is 0 Å². The van der Waals surface area contributed by atoms with Gasteiger partial charge in [0.1, 0.15) is 5.82 Å².